The van der Waals surface area contributed by atoms with Crippen molar-refractivity contribution in [2.75, 3.05) is 5.73 Å². The fourth-order valence-corrected chi connectivity index (χ4v) is 1.87. The normalized spacial score (nSPS) is 10.2. The Morgan fingerprint density at radius 1 is 1.37 bits per heavy atom. The number of hydrogen-bond donors (Lipinski definition) is 1. The van der Waals surface area contributed by atoms with Crippen LogP contribution in [0.5, 0.6) is 5.75 Å². The van der Waals surface area contributed by atoms with Gasteiger partial charge in [0, 0.05) is 6.07 Å². The largest absolute Gasteiger partial charge is 0.486 e. The smallest absolute Gasteiger partial charge is 0.287 e. The third kappa shape index (κ3) is 3.16. The second-order valence-corrected chi connectivity index (χ2v) is 4.36. The monoisotopic (exact) mass is 324 g/mol. The molecular formula is C11H9BrN4O3. The summed E-state index contributed by atoms with van der Waals surface area (Å²) in [7, 11) is 0. The third-order valence-corrected chi connectivity index (χ3v) is 3.04. The lowest BCUT2D eigenvalue weighted by molar-refractivity contribution is -0.385. The molecule has 0 radical (unpaired) electrons. The molecule has 2 aromatic rings. The van der Waals surface area contributed by atoms with Gasteiger partial charge < -0.3 is 10.5 Å². The first-order chi connectivity index (χ1) is 9.08. The van der Waals surface area contributed by atoms with E-state index in [9.17, 15) is 10.1 Å². The van der Waals surface area contributed by atoms with Crippen LogP contribution in [0.3, 0.4) is 0 Å². The number of nitrogens with zero attached hydrogens (tertiary/aromatic N) is 3. The van der Waals surface area contributed by atoms with Crippen LogP contribution in [-0.2, 0) is 6.61 Å². The quantitative estimate of drug-likeness (QED) is 0.683. The molecule has 8 heteroatoms. The zero-order valence-corrected chi connectivity index (χ0v) is 11.2. The lowest BCUT2D eigenvalue weighted by atomic mass is 10.3. The molecular weight excluding hydrogens is 316 g/mol. The maximum atomic E-state index is 10.8. The number of nitrogens with two attached hydrogens (primary N) is 1. The molecule has 0 amide bonds. The predicted molar refractivity (Wildman–Crippen MR) is 71.6 cm³/mol. The Morgan fingerprint density at radius 3 is 2.79 bits per heavy atom. The summed E-state index contributed by atoms with van der Waals surface area (Å²) in [6, 6.07) is 4.56. The Balaban J connectivity index is 2.13. The van der Waals surface area contributed by atoms with Crippen LogP contribution < -0.4 is 10.5 Å². The number of nitro benzene ring substituents is 1. The third-order valence-electron chi connectivity index (χ3n) is 2.24. The highest BCUT2D eigenvalue weighted by Gasteiger charge is 2.15. The molecule has 0 aliphatic carbocycles. The van der Waals surface area contributed by atoms with Crippen molar-refractivity contribution >= 4 is 27.4 Å². The van der Waals surface area contributed by atoms with Crippen LogP contribution in [0.4, 0.5) is 11.5 Å². The van der Waals surface area contributed by atoms with E-state index in [1.165, 1.54) is 18.5 Å². The Labute approximate surface area is 116 Å². The minimum absolute atomic E-state index is 0.0547. The van der Waals surface area contributed by atoms with Crippen LogP contribution in [0, 0.1) is 10.1 Å². The molecule has 1 heterocycles. The standard InChI is InChI=1S/C11H9BrN4O3/c12-11-8(16(17)18)2-1-3-9(11)19-6-7-4-15-10(13)5-14-7/h1-5H,6H2,(H2,13,15). The lowest BCUT2D eigenvalue weighted by Gasteiger charge is -2.07. The van der Waals surface area contributed by atoms with Crippen molar-refractivity contribution in [3.63, 3.8) is 0 Å². The lowest BCUT2D eigenvalue weighted by Crippen LogP contribution is -2.01. The summed E-state index contributed by atoms with van der Waals surface area (Å²) in [6.45, 7) is 0.146. The number of benzene rings is 1. The van der Waals surface area contributed by atoms with E-state index in [2.05, 4.69) is 25.9 Å². The van der Waals surface area contributed by atoms with Crippen molar-refractivity contribution in [1.29, 1.82) is 0 Å². The van der Waals surface area contributed by atoms with Gasteiger partial charge >= 0.3 is 0 Å². The van der Waals surface area contributed by atoms with E-state index in [0.717, 1.165) is 0 Å². The molecule has 0 saturated heterocycles. The molecule has 0 bridgehead atoms. The van der Waals surface area contributed by atoms with Crippen molar-refractivity contribution in [2.24, 2.45) is 0 Å². The van der Waals surface area contributed by atoms with E-state index in [0.29, 0.717) is 21.7 Å². The number of nitro groups is 1. The topological polar surface area (TPSA) is 104 Å². The predicted octanol–water partition coefficient (Wildman–Crippen LogP) is 2.31. The molecule has 0 aliphatic rings. The molecule has 0 fully saturated rings. The Bertz CT molecular complexity index is 603. The van der Waals surface area contributed by atoms with E-state index in [1.54, 1.807) is 12.1 Å². The van der Waals surface area contributed by atoms with Gasteiger partial charge in [-0.1, -0.05) is 6.07 Å². The molecule has 1 aromatic heterocycles. The number of aromatic nitrogens is 2. The molecule has 2 N–H and O–H groups in total. The fraction of sp³-hybridized carbons (Fsp3) is 0.0909. The van der Waals surface area contributed by atoms with Crippen molar-refractivity contribution < 1.29 is 9.66 Å². The van der Waals surface area contributed by atoms with Crippen LogP contribution in [0.25, 0.3) is 0 Å². The molecule has 2 rings (SSSR count). The van der Waals surface area contributed by atoms with E-state index in [4.69, 9.17) is 10.5 Å². The van der Waals surface area contributed by atoms with E-state index in [-0.39, 0.29) is 12.3 Å². The highest BCUT2D eigenvalue weighted by Crippen LogP contribution is 2.34. The summed E-state index contributed by atoms with van der Waals surface area (Å²) >= 11 is 3.14. The van der Waals surface area contributed by atoms with Gasteiger partial charge in [-0.25, -0.2) is 4.98 Å². The van der Waals surface area contributed by atoms with Gasteiger partial charge in [0.2, 0.25) is 0 Å². The van der Waals surface area contributed by atoms with E-state index in [1.807, 2.05) is 0 Å². The molecule has 0 spiro atoms. The maximum Gasteiger partial charge on any atom is 0.287 e. The van der Waals surface area contributed by atoms with Gasteiger partial charge in [-0.15, -0.1) is 0 Å². The zero-order chi connectivity index (χ0) is 13.8. The molecule has 98 valence electrons. The summed E-state index contributed by atoms with van der Waals surface area (Å²) in [5.74, 6) is 0.688. The second kappa shape index (κ2) is 5.61. The summed E-state index contributed by atoms with van der Waals surface area (Å²) in [4.78, 5) is 18.2. The Kier molecular flexibility index (Phi) is 3.91. The minimum Gasteiger partial charge on any atom is -0.486 e. The number of ether oxygens (including phenoxy) is 1. The molecule has 0 unspecified atom stereocenters. The van der Waals surface area contributed by atoms with Gasteiger partial charge in [0.05, 0.1) is 23.0 Å². The van der Waals surface area contributed by atoms with E-state index >= 15 is 0 Å². The van der Waals surface area contributed by atoms with Gasteiger partial charge in [0.15, 0.2) is 0 Å². The van der Waals surface area contributed by atoms with Crippen LogP contribution >= 0.6 is 15.9 Å². The van der Waals surface area contributed by atoms with Crippen molar-refractivity contribution in [3.8, 4) is 5.75 Å². The van der Waals surface area contributed by atoms with Crippen LogP contribution in [0.1, 0.15) is 5.69 Å². The van der Waals surface area contributed by atoms with Crippen molar-refractivity contribution in [3.05, 3.63) is 50.9 Å². The highest BCUT2D eigenvalue weighted by atomic mass is 79.9. The summed E-state index contributed by atoms with van der Waals surface area (Å²) in [5, 5.41) is 10.8. The van der Waals surface area contributed by atoms with Crippen LogP contribution in [0.15, 0.2) is 35.1 Å². The summed E-state index contributed by atoms with van der Waals surface area (Å²) in [5.41, 5.74) is 5.94. The average Bonchev–Trinajstić information content (AvgIpc) is 2.39. The van der Waals surface area contributed by atoms with Gasteiger partial charge in [-0.3, -0.25) is 15.1 Å². The molecule has 0 saturated carbocycles. The van der Waals surface area contributed by atoms with Crippen molar-refractivity contribution in [1.82, 2.24) is 9.97 Å². The van der Waals surface area contributed by atoms with Gasteiger partial charge in [0.25, 0.3) is 5.69 Å². The van der Waals surface area contributed by atoms with Crippen LogP contribution in [0.2, 0.25) is 0 Å². The number of rotatable bonds is 4. The molecule has 7 nitrogen and oxygen atoms in total. The minimum atomic E-state index is -0.486. The average molecular weight is 325 g/mol. The summed E-state index contributed by atoms with van der Waals surface area (Å²) in [6.07, 6.45) is 2.90. The molecule has 0 atom stereocenters. The Hall–Kier alpha value is -2.22. The first-order valence-electron chi connectivity index (χ1n) is 5.20. The number of nitrogen functional groups attached to an aromatic ring is 1. The first kappa shape index (κ1) is 13.2. The zero-order valence-electron chi connectivity index (χ0n) is 9.62. The van der Waals surface area contributed by atoms with Gasteiger partial charge in [0.1, 0.15) is 22.6 Å². The first-order valence-corrected chi connectivity index (χ1v) is 5.99. The fourth-order valence-electron chi connectivity index (χ4n) is 1.34. The van der Waals surface area contributed by atoms with Crippen molar-refractivity contribution in [2.45, 2.75) is 6.61 Å². The highest BCUT2D eigenvalue weighted by molar-refractivity contribution is 9.10. The van der Waals surface area contributed by atoms with Gasteiger partial charge in [-0.05, 0) is 22.0 Å². The molecule has 0 aliphatic heterocycles. The molecule has 1 aromatic carbocycles. The molecule has 19 heavy (non-hydrogen) atoms. The number of halogens is 1. The van der Waals surface area contributed by atoms with Crippen LogP contribution in [-0.4, -0.2) is 14.9 Å². The maximum absolute atomic E-state index is 10.8. The number of anilines is 1. The van der Waals surface area contributed by atoms with Gasteiger partial charge in [-0.2, -0.15) is 0 Å². The second-order valence-electron chi connectivity index (χ2n) is 3.57. The van der Waals surface area contributed by atoms with E-state index < -0.39 is 4.92 Å². The SMILES string of the molecule is Nc1cnc(COc2cccc([N+](=O)[O-])c2Br)cn1. The summed E-state index contributed by atoms with van der Waals surface area (Å²) < 4.78 is 5.75. The Morgan fingerprint density at radius 2 is 2.16 bits per heavy atom. The number of hydrogen-bond acceptors (Lipinski definition) is 6.